The maximum atomic E-state index is 12.0. The fraction of sp³-hybridized carbons (Fsp3) is 0.368. The second kappa shape index (κ2) is 6.03. The van der Waals surface area contributed by atoms with Crippen LogP contribution in [0.15, 0.2) is 48.9 Å². The molecule has 4 nitrogen and oxygen atoms in total. The van der Waals surface area contributed by atoms with Crippen molar-refractivity contribution < 1.29 is 9.53 Å². The minimum absolute atomic E-state index is 0.0760. The molecule has 2 aliphatic rings. The molecule has 1 heterocycles. The zero-order valence-electron chi connectivity index (χ0n) is 12.9. The van der Waals surface area contributed by atoms with Gasteiger partial charge in [0.2, 0.25) is 0 Å². The predicted molar refractivity (Wildman–Crippen MR) is 87.5 cm³/mol. The molecule has 0 spiro atoms. The standard InChI is InChI=1S/C19H20N2O2/c22-19(7-6-13-4-2-1-3-5-13)23-18-10-14-8-15(18)9-16(14)17-11-20-12-21-17/h1-7,11-12,14-16,18H,8-10H2,(H,20,21). The van der Waals surface area contributed by atoms with Crippen molar-refractivity contribution >= 4 is 12.0 Å². The molecular weight excluding hydrogens is 288 g/mol. The van der Waals surface area contributed by atoms with Crippen LogP contribution in [0.5, 0.6) is 0 Å². The van der Waals surface area contributed by atoms with Crippen LogP contribution in [-0.2, 0) is 9.53 Å². The van der Waals surface area contributed by atoms with Gasteiger partial charge in [-0.25, -0.2) is 9.78 Å². The monoisotopic (exact) mass is 308 g/mol. The molecule has 0 aliphatic heterocycles. The molecule has 0 amide bonds. The van der Waals surface area contributed by atoms with E-state index in [9.17, 15) is 4.79 Å². The van der Waals surface area contributed by atoms with E-state index in [4.69, 9.17) is 4.74 Å². The summed E-state index contributed by atoms with van der Waals surface area (Å²) < 4.78 is 5.68. The fourth-order valence-corrected chi connectivity index (χ4v) is 4.13. The molecule has 2 aromatic rings. The van der Waals surface area contributed by atoms with Crippen molar-refractivity contribution in [3.05, 3.63) is 60.2 Å². The smallest absolute Gasteiger partial charge is 0.331 e. The van der Waals surface area contributed by atoms with Crippen molar-refractivity contribution in [2.45, 2.75) is 31.3 Å². The maximum absolute atomic E-state index is 12.0. The van der Waals surface area contributed by atoms with Gasteiger partial charge in [-0.05, 0) is 42.7 Å². The summed E-state index contributed by atoms with van der Waals surface area (Å²) in [6.07, 6.45) is 10.3. The van der Waals surface area contributed by atoms with Crippen LogP contribution in [-0.4, -0.2) is 22.0 Å². The van der Waals surface area contributed by atoms with Gasteiger partial charge in [0, 0.05) is 23.9 Å². The Labute approximate surface area is 135 Å². The Bertz CT molecular complexity index is 693. The van der Waals surface area contributed by atoms with Crippen LogP contribution in [0.1, 0.15) is 36.4 Å². The summed E-state index contributed by atoms with van der Waals surface area (Å²) in [4.78, 5) is 19.4. The van der Waals surface area contributed by atoms with Gasteiger partial charge in [-0.1, -0.05) is 30.3 Å². The average molecular weight is 308 g/mol. The number of hydrogen-bond acceptors (Lipinski definition) is 3. The van der Waals surface area contributed by atoms with E-state index in [1.54, 1.807) is 6.33 Å². The number of carbonyl (C=O) groups is 1. The number of rotatable bonds is 4. The first-order chi connectivity index (χ1) is 11.3. The number of hydrogen-bond donors (Lipinski definition) is 1. The third-order valence-electron chi connectivity index (χ3n) is 5.19. The Morgan fingerprint density at radius 3 is 2.74 bits per heavy atom. The van der Waals surface area contributed by atoms with E-state index in [-0.39, 0.29) is 12.1 Å². The first-order valence-corrected chi connectivity index (χ1v) is 8.21. The van der Waals surface area contributed by atoms with E-state index < -0.39 is 0 Å². The highest BCUT2D eigenvalue weighted by Gasteiger charge is 2.48. The van der Waals surface area contributed by atoms with E-state index in [0.717, 1.165) is 24.8 Å². The van der Waals surface area contributed by atoms with E-state index in [0.29, 0.717) is 17.8 Å². The van der Waals surface area contributed by atoms with Gasteiger partial charge in [0.15, 0.2) is 0 Å². The lowest BCUT2D eigenvalue weighted by Crippen LogP contribution is -2.26. The van der Waals surface area contributed by atoms with Crippen molar-refractivity contribution in [3.8, 4) is 0 Å². The number of nitrogens with zero attached hydrogens (tertiary/aromatic N) is 1. The van der Waals surface area contributed by atoms with Crippen molar-refractivity contribution in [1.82, 2.24) is 9.97 Å². The molecule has 2 saturated carbocycles. The molecule has 1 aromatic carbocycles. The van der Waals surface area contributed by atoms with Gasteiger partial charge < -0.3 is 9.72 Å². The van der Waals surface area contributed by atoms with Crippen LogP contribution < -0.4 is 0 Å². The van der Waals surface area contributed by atoms with E-state index >= 15 is 0 Å². The van der Waals surface area contributed by atoms with Gasteiger partial charge in [0.25, 0.3) is 0 Å². The zero-order chi connectivity index (χ0) is 15.6. The molecule has 0 radical (unpaired) electrons. The van der Waals surface area contributed by atoms with Crippen LogP contribution in [0.25, 0.3) is 6.08 Å². The third kappa shape index (κ3) is 2.93. The summed E-state index contributed by atoms with van der Waals surface area (Å²) >= 11 is 0. The first-order valence-electron chi connectivity index (χ1n) is 8.21. The van der Waals surface area contributed by atoms with Crippen molar-refractivity contribution in [1.29, 1.82) is 0 Å². The van der Waals surface area contributed by atoms with Gasteiger partial charge in [0.05, 0.1) is 6.33 Å². The quantitative estimate of drug-likeness (QED) is 0.694. The lowest BCUT2D eigenvalue weighted by atomic mass is 9.85. The summed E-state index contributed by atoms with van der Waals surface area (Å²) in [7, 11) is 0. The highest BCUT2D eigenvalue weighted by molar-refractivity contribution is 5.87. The normalized spacial score (nSPS) is 29.2. The van der Waals surface area contributed by atoms with Gasteiger partial charge >= 0.3 is 5.97 Å². The second-order valence-electron chi connectivity index (χ2n) is 6.56. The van der Waals surface area contributed by atoms with Crippen molar-refractivity contribution in [2.75, 3.05) is 0 Å². The first kappa shape index (κ1) is 14.2. The largest absolute Gasteiger partial charge is 0.459 e. The number of nitrogens with one attached hydrogen (secondary N) is 1. The highest BCUT2D eigenvalue weighted by atomic mass is 16.5. The number of ether oxygens (including phenoxy) is 1. The Morgan fingerprint density at radius 2 is 2.04 bits per heavy atom. The van der Waals surface area contributed by atoms with Crippen molar-refractivity contribution in [2.24, 2.45) is 11.8 Å². The summed E-state index contributed by atoms with van der Waals surface area (Å²) in [5.74, 6) is 1.42. The Balaban J connectivity index is 1.33. The van der Waals surface area contributed by atoms with E-state index in [1.165, 1.54) is 11.8 Å². The predicted octanol–water partition coefficient (Wildman–Crippen LogP) is 3.55. The number of benzene rings is 1. The highest BCUT2D eigenvalue weighted by Crippen LogP contribution is 2.53. The lowest BCUT2D eigenvalue weighted by Gasteiger charge is -2.26. The van der Waals surface area contributed by atoms with Gasteiger partial charge in [-0.15, -0.1) is 0 Å². The fourth-order valence-electron chi connectivity index (χ4n) is 4.13. The summed E-state index contributed by atoms with van der Waals surface area (Å²) in [6.45, 7) is 0. The summed E-state index contributed by atoms with van der Waals surface area (Å²) in [6, 6.07) is 9.81. The topological polar surface area (TPSA) is 55.0 Å². The van der Waals surface area contributed by atoms with Crippen molar-refractivity contribution in [3.63, 3.8) is 0 Å². The molecule has 4 rings (SSSR count). The van der Waals surface area contributed by atoms with Crippen LogP contribution in [0.3, 0.4) is 0 Å². The molecule has 0 saturated heterocycles. The number of carbonyl (C=O) groups excluding carboxylic acids is 1. The third-order valence-corrected chi connectivity index (χ3v) is 5.19. The maximum Gasteiger partial charge on any atom is 0.331 e. The van der Waals surface area contributed by atoms with Crippen LogP contribution in [0.4, 0.5) is 0 Å². The number of H-pyrrole nitrogens is 1. The second-order valence-corrected chi connectivity index (χ2v) is 6.56. The SMILES string of the molecule is O=C(C=Cc1ccccc1)OC1CC2CC1CC2c1cnc[nH]1. The van der Waals surface area contributed by atoms with E-state index in [1.807, 2.05) is 42.6 Å². The molecular formula is C19H20N2O2. The molecule has 4 heteroatoms. The molecule has 1 aromatic heterocycles. The Morgan fingerprint density at radius 1 is 1.17 bits per heavy atom. The molecule has 4 unspecified atom stereocenters. The molecule has 118 valence electrons. The van der Waals surface area contributed by atoms with Crippen LogP contribution in [0, 0.1) is 11.8 Å². The molecule has 2 bridgehead atoms. The van der Waals surface area contributed by atoms with Crippen LogP contribution >= 0.6 is 0 Å². The number of aromatic nitrogens is 2. The Kier molecular flexibility index (Phi) is 3.74. The number of aromatic amines is 1. The van der Waals surface area contributed by atoms with Crippen LogP contribution in [0.2, 0.25) is 0 Å². The summed E-state index contributed by atoms with van der Waals surface area (Å²) in [5.41, 5.74) is 2.24. The molecule has 4 atom stereocenters. The Hall–Kier alpha value is -2.36. The minimum Gasteiger partial charge on any atom is -0.459 e. The molecule has 23 heavy (non-hydrogen) atoms. The lowest BCUT2D eigenvalue weighted by molar-refractivity contribution is -0.145. The number of fused-ring (bicyclic) bond motifs is 2. The zero-order valence-corrected chi connectivity index (χ0v) is 12.9. The molecule has 2 aliphatic carbocycles. The van der Waals surface area contributed by atoms with Gasteiger partial charge in [0.1, 0.15) is 6.10 Å². The van der Waals surface area contributed by atoms with Gasteiger partial charge in [-0.2, -0.15) is 0 Å². The average Bonchev–Trinajstić information content (AvgIpc) is 3.30. The number of esters is 1. The molecule has 1 N–H and O–H groups in total. The van der Waals surface area contributed by atoms with Gasteiger partial charge in [-0.3, -0.25) is 0 Å². The number of imidazole rings is 1. The van der Waals surface area contributed by atoms with E-state index in [2.05, 4.69) is 9.97 Å². The summed E-state index contributed by atoms with van der Waals surface area (Å²) in [5, 5.41) is 0. The minimum atomic E-state index is -0.232. The molecule has 2 fully saturated rings.